The van der Waals surface area contributed by atoms with Gasteiger partial charge in [-0.15, -0.1) is 0 Å². The molecule has 18 heavy (non-hydrogen) atoms. The molecule has 0 saturated carbocycles. The highest BCUT2D eigenvalue weighted by molar-refractivity contribution is 9.10. The predicted octanol–water partition coefficient (Wildman–Crippen LogP) is 2.53. The molecule has 100 valence electrons. The van der Waals surface area contributed by atoms with Crippen molar-refractivity contribution in [2.24, 2.45) is 11.7 Å². The number of piperidine rings is 1. The van der Waals surface area contributed by atoms with Crippen LogP contribution < -0.4 is 11.1 Å². The Morgan fingerprint density at radius 2 is 2.00 bits per heavy atom. The van der Waals surface area contributed by atoms with Crippen molar-refractivity contribution in [1.82, 2.24) is 4.90 Å². The van der Waals surface area contributed by atoms with Crippen molar-refractivity contribution in [3.05, 3.63) is 28.7 Å². The number of nitrogens with zero attached hydrogens (tertiary/aromatic N) is 1. The van der Waals surface area contributed by atoms with Crippen molar-refractivity contribution in [3.63, 3.8) is 0 Å². The summed E-state index contributed by atoms with van der Waals surface area (Å²) in [7, 11) is 0. The number of hydrogen-bond donors (Lipinski definition) is 2. The van der Waals surface area contributed by atoms with Crippen LogP contribution in [0.3, 0.4) is 0 Å². The van der Waals surface area contributed by atoms with Gasteiger partial charge in [-0.25, -0.2) is 0 Å². The molecule has 1 aromatic carbocycles. The SMILES string of the molecule is NCCN1CCC(CNc2ccccc2Br)CC1. The van der Waals surface area contributed by atoms with Crippen LogP contribution in [0.2, 0.25) is 0 Å². The Kier molecular flexibility index (Phi) is 5.47. The van der Waals surface area contributed by atoms with E-state index in [0.29, 0.717) is 0 Å². The van der Waals surface area contributed by atoms with Gasteiger partial charge in [0, 0.05) is 29.8 Å². The minimum absolute atomic E-state index is 0.778. The minimum Gasteiger partial charge on any atom is -0.384 e. The van der Waals surface area contributed by atoms with Gasteiger partial charge in [0.05, 0.1) is 0 Å². The highest BCUT2D eigenvalue weighted by atomic mass is 79.9. The first-order chi connectivity index (χ1) is 8.79. The van der Waals surface area contributed by atoms with Crippen LogP contribution in [0.5, 0.6) is 0 Å². The highest BCUT2D eigenvalue weighted by Gasteiger charge is 2.18. The Labute approximate surface area is 118 Å². The molecule has 0 aromatic heterocycles. The van der Waals surface area contributed by atoms with Crippen molar-refractivity contribution in [1.29, 1.82) is 0 Å². The summed E-state index contributed by atoms with van der Waals surface area (Å²) < 4.78 is 1.14. The van der Waals surface area contributed by atoms with Crippen LogP contribution in [-0.4, -0.2) is 37.6 Å². The van der Waals surface area contributed by atoms with Gasteiger partial charge in [0.15, 0.2) is 0 Å². The first-order valence-corrected chi connectivity index (χ1v) is 7.49. The average molecular weight is 312 g/mol. The Morgan fingerprint density at radius 3 is 2.67 bits per heavy atom. The molecule has 4 heteroatoms. The summed E-state index contributed by atoms with van der Waals surface area (Å²) in [5.74, 6) is 0.783. The lowest BCUT2D eigenvalue weighted by atomic mass is 9.96. The van der Waals surface area contributed by atoms with Gasteiger partial charge in [0.25, 0.3) is 0 Å². The van der Waals surface area contributed by atoms with E-state index in [4.69, 9.17) is 5.73 Å². The number of para-hydroxylation sites is 1. The standard InChI is InChI=1S/C14H22BrN3/c15-13-3-1-2-4-14(13)17-11-12-5-8-18(9-6-12)10-7-16/h1-4,12,17H,5-11,16H2. The molecule has 1 saturated heterocycles. The fourth-order valence-electron chi connectivity index (χ4n) is 2.46. The second kappa shape index (κ2) is 7.12. The molecule has 0 spiro atoms. The molecule has 3 nitrogen and oxygen atoms in total. The van der Waals surface area contributed by atoms with E-state index >= 15 is 0 Å². The summed E-state index contributed by atoms with van der Waals surface area (Å²) in [5, 5.41) is 3.54. The third-order valence-corrected chi connectivity index (χ3v) is 4.30. The zero-order valence-electron chi connectivity index (χ0n) is 10.7. The monoisotopic (exact) mass is 311 g/mol. The lowest BCUT2D eigenvalue weighted by Gasteiger charge is -2.31. The molecule has 0 amide bonds. The maximum atomic E-state index is 5.59. The number of hydrogen-bond acceptors (Lipinski definition) is 3. The van der Waals surface area contributed by atoms with Crippen molar-refractivity contribution in [3.8, 4) is 0 Å². The predicted molar refractivity (Wildman–Crippen MR) is 80.9 cm³/mol. The summed E-state index contributed by atoms with van der Waals surface area (Å²) in [6.45, 7) is 5.28. The topological polar surface area (TPSA) is 41.3 Å². The van der Waals surface area contributed by atoms with Gasteiger partial charge in [0.1, 0.15) is 0 Å². The lowest BCUT2D eigenvalue weighted by Crippen LogP contribution is -2.38. The van der Waals surface area contributed by atoms with E-state index in [9.17, 15) is 0 Å². The number of anilines is 1. The maximum Gasteiger partial charge on any atom is 0.0484 e. The molecule has 1 heterocycles. The zero-order chi connectivity index (χ0) is 12.8. The maximum absolute atomic E-state index is 5.59. The van der Waals surface area contributed by atoms with Crippen LogP contribution in [0.15, 0.2) is 28.7 Å². The molecule has 1 aliphatic heterocycles. The molecule has 0 atom stereocenters. The zero-order valence-corrected chi connectivity index (χ0v) is 12.3. The fourth-order valence-corrected chi connectivity index (χ4v) is 2.88. The average Bonchev–Trinajstić information content (AvgIpc) is 2.40. The quantitative estimate of drug-likeness (QED) is 0.878. The van der Waals surface area contributed by atoms with E-state index in [-0.39, 0.29) is 0 Å². The van der Waals surface area contributed by atoms with Gasteiger partial charge < -0.3 is 16.0 Å². The Morgan fingerprint density at radius 1 is 1.28 bits per heavy atom. The van der Waals surface area contributed by atoms with Crippen LogP contribution in [0, 0.1) is 5.92 Å². The molecule has 0 unspecified atom stereocenters. The Balaban J connectivity index is 1.74. The smallest absolute Gasteiger partial charge is 0.0484 e. The van der Waals surface area contributed by atoms with Crippen molar-refractivity contribution in [2.45, 2.75) is 12.8 Å². The first kappa shape index (κ1) is 13.8. The van der Waals surface area contributed by atoms with Gasteiger partial charge >= 0.3 is 0 Å². The van der Waals surface area contributed by atoms with E-state index in [1.165, 1.54) is 31.6 Å². The molecular formula is C14H22BrN3. The lowest BCUT2D eigenvalue weighted by molar-refractivity contribution is 0.194. The largest absolute Gasteiger partial charge is 0.384 e. The second-order valence-electron chi connectivity index (χ2n) is 4.93. The third-order valence-electron chi connectivity index (χ3n) is 3.61. The number of nitrogens with one attached hydrogen (secondary N) is 1. The molecule has 0 aliphatic carbocycles. The van der Waals surface area contributed by atoms with Crippen molar-refractivity contribution in [2.75, 3.05) is 38.0 Å². The summed E-state index contributed by atoms with van der Waals surface area (Å²) in [6.07, 6.45) is 2.55. The Bertz CT molecular complexity index is 362. The van der Waals surface area contributed by atoms with Crippen molar-refractivity contribution < 1.29 is 0 Å². The van der Waals surface area contributed by atoms with E-state index in [1.807, 2.05) is 6.07 Å². The molecule has 3 N–H and O–H groups in total. The van der Waals surface area contributed by atoms with Crippen molar-refractivity contribution >= 4 is 21.6 Å². The highest BCUT2D eigenvalue weighted by Crippen LogP contribution is 2.23. The van der Waals surface area contributed by atoms with Crippen LogP contribution in [-0.2, 0) is 0 Å². The molecule has 1 fully saturated rings. The molecule has 1 aliphatic rings. The van der Waals surface area contributed by atoms with E-state index < -0.39 is 0 Å². The van der Waals surface area contributed by atoms with Gasteiger partial charge in [-0.1, -0.05) is 12.1 Å². The Hall–Kier alpha value is -0.580. The number of likely N-dealkylation sites (tertiary alicyclic amines) is 1. The van der Waals surface area contributed by atoms with E-state index in [1.54, 1.807) is 0 Å². The summed E-state index contributed by atoms with van der Waals surface area (Å²) in [4.78, 5) is 2.47. The summed E-state index contributed by atoms with van der Waals surface area (Å²) in [5.41, 5.74) is 6.78. The third kappa shape index (κ3) is 3.97. The summed E-state index contributed by atoms with van der Waals surface area (Å²) >= 11 is 3.57. The van der Waals surface area contributed by atoms with Crippen LogP contribution in [0.4, 0.5) is 5.69 Å². The molecule has 0 radical (unpaired) electrons. The first-order valence-electron chi connectivity index (χ1n) is 6.70. The van der Waals surface area contributed by atoms with Gasteiger partial charge in [-0.05, 0) is 59.9 Å². The van der Waals surface area contributed by atoms with E-state index in [2.05, 4.69) is 44.3 Å². The number of rotatable bonds is 5. The number of nitrogens with two attached hydrogens (primary N) is 1. The van der Waals surface area contributed by atoms with Gasteiger partial charge in [-0.3, -0.25) is 0 Å². The van der Waals surface area contributed by atoms with Crippen LogP contribution in [0.1, 0.15) is 12.8 Å². The van der Waals surface area contributed by atoms with Crippen LogP contribution in [0.25, 0.3) is 0 Å². The number of benzene rings is 1. The van der Waals surface area contributed by atoms with Gasteiger partial charge in [0.2, 0.25) is 0 Å². The summed E-state index contributed by atoms with van der Waals surface area (Å²) in [6, 6.07) is 8.30. The fraction of sp³-hybridized carbons (Fsp3) is 0.571. The normalized spacial score (nSPS) is 17.9. The minimum atomic E-state index is 0.778. The molecular weight excluding hydrogens is 290 g/mol. The van der Waals surface area contributed by atoms with Crippen LogP contribution >= 0.6 is 15.9 Å². The number of halogens is 1. The molecule has 2 rings (SSSR count). The molecule has 1 aromatic rings. The van der Waals surface area contributed by atoms with Gasteiger partial charge in [-0.2, -0.15) is 0 Å². The molecule has 0 bridgehead atoms. The second-order valence-corrected chi connectivity index (χ2v) is 5.79. The van der Waals surface area contributed by atoms with E-state index in [0.717, 1.165) is 30.0 Å².